The second kappa shape index (κ2) is 6.56. The summed E-state index contributed by atoms with van der Waals surface area (Å²) >= 11 is 11.8. The van der Waals surface area contributed by atoms with Crippen molar-refractivity contribution in [1.82, 2.24) is 0 Å². The van der Waals surface area contributed by atoms with E-state index in [2.05, 4.69) is 10.0 Å². The Bertz CT molecular complexity index is 823. The Balaban J connectivity index is 2.27. The van der Waals surface area contributed by atoms with E-state index in [1.54, 1.807) is 24.3 Å². The Hall–Kier alpha value is -1.76. The molecule has 0 aliphatic heterocycles. The van der Waals surface area contributed by atoms with Crippen molar-refractivity contribution >= 4 is 50.5 Å². The zero-order chi connectivity index (χ0) is 16.3. The molecular weight excluding hydrogens is 347 g/mol. The summed E-state index contributed by atoms with van der Waals surface area (Å²) in [5.74, 6) is -0.468. The quantitative estimate of drug-likeness (QED) is 0.876. The Morgan fingerprint density at radius 1 is 1.05 bits per heavy atom. The number of nitrogens with one attached hydrogen (secondary N) is 2. The molecule has 0 saturated carbocycles. The molecular formula is C14H12Cl2N2O3S. The van der Waals surface area contributed by atoms with Gasteiger partial charge in [0.05, 0.1) is 16.8 Å². The van der Waals surface area contributed by atoms with E-state index in [9.17, 15) is 13.2 Å². The molecule has 2 aromatic rings. The Morgan fingerprint density at radius 3 is 2.41 bits per heavy atom. The largest absolute Gasteiger partial charge is 0.322 e. The van der Waals surface area contributed by atoms with Crippen LogP contribution in [0.1, 0.15) is 10.4 Å². The van der Waals surface area contributed by atoms with Crippen molar-refractivity contribution in [2.24, 2.45) is 0 Å². The van der Waals surface area contributed by atoms with Crippen LogP contribution in [-0.2, 0) is 10.0 Å². The summed E-state index contributed by atoms with van der Waals surface area (Å²) in [4.78, 5) is 12.2. The van der Waals surface area contributed by atoms with Gasteiger partial charge in [0.25, 0.3) is 5.91 Å². The lowest BCUT2D eigenvalue weighted by molar-refractivity contribution is 0.102. The highest BCUT2D eigenvalue weighted by molar-refractivity contribution is 7.92. The fraction of sp³-hybridized carbons (Fsp3) is 0.0714. The predicted octanol–water partition coefficient (Wildman–Crippen LogP) is 3.62. The maximum absolute atomic E-state index is 12.2. The zero-order valence-corrected chi connectivity index (χ0v) is 13.8. The average Bonchev–Trinajstić information content (AvgIpc) is 2.39. The minimum atomic E-state index is -3.44. The highest BCUT2D eigenvalue weighted by atomic mass is 35.5. The lowest BCUT2D eigenvalue weighted by Gasteiger charge is -2.10. The van der Waals surface area contributed by atoms with Crippen LogP contribution in [0.15, 0.2) is 42.5 Å². The Kier molecular flexibility index (Phi) is 4.95. The van der Waals surface area contributed by atoms with Gasteiger partial charge in [0.15, 0.2) is 0 Å². The second-order valence-electron chi connectivity index (χ2n) is 4.53. The summed E-state index contributed by atoms with van der Waals surface area (Å²) in [7, 11) is -3.44. The van der Waals surface area contributed by atoms with Gasteiger partial charge in [0.1, 0.15) is 0 Å². The van der Waals surface area contributed by atoms with Gasteiger partial charge in [0, 0.05) is 16.4 Å². The van der Waals surface area contributed by atoms with Gasteiger partial charge in [0.2, 0.25) is 10.0 Å². The van der Waals surface area contributed by atoms with Crippen LogP contribution in [0, 0.1) is 0 Å². The number of anilines is 2. The zero-order valence-electron chi connectivity index (χ0n) is 11.4. The van der Waals surface area contributed by atoms with Crippen LogP contribution >= 0.6 is 23.2 Å². The van der Waals surface area contributed by atoms with E-state index in [1.807, 2.05) is 0 Å². The predicted molar refractivity (Wildman–Crippen MR) is 89.3 cm³/mol. The first-order chi connectivity index (χ1) is 10.2. The number of hydrogen-bond acceptors (Lipinski definition) is 3. The van der Waals surface area contributed by atoms with Gasteiger partial charge in [-0.3, -0.25) is 9.52 Å². The summed E-state index contributed by atoms with van der Waals surface area (Å²) in [5, 5.41) is 3.33. The van der Waals surface area contributed by atoms with Crippen molar-refractivity contribution in [3.8, 4) is 0 Å². The molecule has 2 N–H and O–H groups in total. The fourth-order valence-electron chi connectivity index (χ4n) is 1.74. The van der Waals surface area contributed by atoms with Crippen LogP contribution in [0.3, 0.4) is 0 Å². The summed E-state index contributed by atoms with van der Waals surface area (Å²) in [5.41, 5.74) is 0.911. The van der Waals surface area contributed by atoms with Crippen LogP contribution in [0.5, 0.6) is 0 Å². The third-order valence-electron chi connectivity index (χ3n) is 2.60. The van der Waals surface area contributed by atoms with Crippen LogP contribution in [0.25, 0.3) is 0 Å². The second-order valence-corrected chi connectivity index (χ2v) is 7.13. The van der Waals surface area contributed by atoms with Crippen LogP contribution < -0.4 is 10.0 Å². The molecule has 116 valence electrons. The highest BCUT2D eigenvalue weighted by Crippen LogP contribution is 2.23. The smallest absolute Gasteiger partial charge is 0.257 e. The molecule has 0 radical (unpaired) electrons. The number of halogens is 2. The number of carbonyl (C=O) groups is 1. The average molecular weight is 359 g/mol. The third kappa shape index (κ3) is 4.62. The van der Waals surface area contributed by atoms with Crippen molar-refractivity contribution in [3.63, 3.8) is 0 Å². The minimum absolute atomic E-state index is 0.148. The first-order valence-electron chi connectivity index (χ1n) is 6.09. The van der Waals surface area contributed by atoms with E-state index >= 15 is 0 Å². The molecule has 0 fully saturated rings. The van der Waals surface area contributed by atoms with E-state index in [4.69, 9.17) is 23.2 Å². The van der Waals surface area contributed by atoms with E-state index in [0.29, 0.717) is 10.7 Å². The van der Waals surface area contributed by atoms with Gasteiger partial charge in [-0.2, -0.15) is 0 Å². The molecule has 0 heterocycles. The monoisotopic (exact) mass is 358 g/mol. The van der Waals surface area contributed by atoms with Gasteiger partial charge in [-0.1, -0.05) is 29.3 Å². The number of carbonyl (C=O) groups excluding carboxylic acids is 1. The van der Waals surface area contributed by atoms with Crippen molar-refractivity contribution in [3.05, 3.63) is 58.1 Å². The Morgan fingerprint density at radius 2 is 1.77 bits per heavy atom. The maximum atomic E-state index is 12.2. The molecule has 0 aliphatic rings. The molecule has 5 nitrogen and oxygen atoms in total. The molecule has 8 heteroatoms. The summed E-state index contributed by atoms with van der Waals surface area (Å²) in [6.07, 6.45) is 1.02. The van der Waals surface area contributed by atoms with E-state index < -0.39 is 15.9 Å². The number of amides is 1. The normalized spacial score (nSPS) is 11.0. The minimum Gasteiger partial charge on any atom is -0.322 e. The first kappa shape index (κ1) is 16.6. The topological polar surface area (TPSA) is 75.3 Å². The SMILES string of the molecule is CS(=O)(=O)Nc1ccc(Cl)c(C(=O)Nc2cccc(Cl)c2)c1. The van der Waals surface area contributed by atoms with Crippen molar-refractivity contribution in [2.45, 2.75) is 0 Å². The number of benzene rings is 2. The highest BCUT2D eigenvalue weighted by Gasteiger charge is 2.13. The van der Waals surface area contributed by atoms with Gasteiger partial charge in [-0.15, -0.1) is 0 Å². The Labute approximate surface area is 138 Å². The standard InChI is InChI=1S/C14H12Cl2N2O3S/c1-22(20,21)18-11-5-6-13(16)12(8-11)14(19)17-10-4-2-3-9(15)7-10/h2-8,18H,1H3,(H,17,19). The van der Waals surface area contributed by atoms with Gasteiger partial charge in [-0.25, -0.2) is 8.42 Å². The first-order valence-corrected chi connectivity index (χ1v) is 8.73. The van der Waals surface area contributed by atoms with E-state index in [-0.39, 0.29) is 16.3 Å². The van der Waals surface area contributed by atoms with Gasteiger partial charge in [-0.05, 0) is 36.4 Å². The molecule has 0 aliphatic carbocycles. The summed E-state index contributed by atoms with van der Waals surface area (Å²) in [6.45, 7) is 0. The van der Waals surface area contributed by atoms with Crippen LogP contribution in [-0.4, -0.2) is 20.6 Å². The molecule has 1 amide bonds. The molecule has 2 rings (SSSR count). The van der Waals surface area contributed by atoms with Crippen molar-refractivity contribution in [2.75, 3.05) is 16.3 Å². The summed E-state index contributed by atoms with van der Waals surface area (Å²) < 4.78 is 24.8. The molecule has 0 saturated heterocycles. The van der Waals surface area contributed by atoms with Crippen molar-refractivity contribution < 1.29 is 13.2 Å². The molecule has 0 atom stereocenters. The third-order valence-corrected chi connectivity index (χ3v) is 3.77. The number of hydrogen-bond donors (Lipinski definition) is 2. The maximum Gasteiger partial charge on any atom is 0.257 e. The molecule has 2 aromatic carbocycles. The molecule has 0 bridgehead atoms. The molecule has 0 spiro atoms. The van der Waals surface area contributed by atoms with Gasteiger partial charge >= 0.3 is 0 Å². The van der Waals surface area contributed by atoms with Crippen LogP contribution in [0.4, 0.5) is 11.4 Å². The lowest BCUT2D eigenvalue weighted by atomic mass is 10.2. The molecule has 0 unspecified atom stereocenters. The fourth-order valence-corrected chi connectivity index (χ4v) is 2.69. The summed E-state index contributed by atoms with van der Waals surface area (Å²) in [6, 6.07) is 10.9. The lowest BCUT2D eigenvalue weighted by Crippen LogP contribution is -2.14. The van der Waals surface area contributed by atoms with E-state index in [0.717, 1.165) is 6.26 Å². The number of sulfonamides is 1. The van der Waals surface area contributed by atoms with E-state index in [1.165, 1.54) is 18.2 Å². The molecule has 22 heavy (non-hydrogen) atoms. The number of rotatable bonds is 4. The molecule has 0 aromatic heterocycles. The van der Waals surface area contributed by atoms with Gasteiger partial charge < -0.3 is 5.32 Å². The van der Waals surface area contributed by atoms with Crippen LogP contribution in [0.2, 0.25) is 10.0 Å². The van der Waals surface area contributed by atoms with Crippen molar-refractivity contribution in [1.29, 1.82) is 0 Å².